The summed E-state index contributed by atoms with van der Waals surface area (Å²) in [7, 11) is 0. The Morgan fingerprint density at radius 3 is 2.04 bits per heavy atom. The third-order valence-electron chi connectivity index (χ3n) is 3.24. The molecule has 0 saturated heterocycles. The third-order valence-corrected chi connectivity index (χ3v) is 3.24. The van der Waals surface area contributed by atoms with Gasteiger partial charge in [-0.25, -0.2) is 0 Å². The molecule has 0 fully saturated rings. The molecule has 4 heteroatoms. The quantitative estimate of drug-likeness (QED) is 0.439. The van der Waals surface area contributed by atoms with Crippen molar-refractivity contribution in [2.45, 2.75) is 66.9 Å². The Morgan fingerprint density at radius 1 is 1.13 bits per heavy atom. The number of rotatable bonds is 5. The summed E-state index contributed by atoms with van der Waals surface area (Å²) in [6.45, 7) is 11.6. The van der Waals surface area contributed by atoms with E-state index in [0.717, 1.165) is 12.8 Å². The SMILES string of the molecule is CC(C)=CCCC1C(O)=[C-]C(=O)C1CC=C(C)C.CC(C)O.[W]. The van der Waals surface area contributed by atoms with Gasteiger partial charge in [-0.15, -0.1) is 0 Å². The van der Waals surface area contributed by atoms with Gasteiger partial charge in [-0.2, -0.15) is 0 Å². The molecule has 0 saturated carbocycles. The molecule has 2 N–H and O–H groups in total. The summed E-state index contributed by atoms with van der Waals surface area (Å²) in [5, 5.41) is 17.9. The molecule has 0 aliphatic heterocycles. The van der Waals surface area contributed by atoms with Gasteiger partial charge in [0.2, 0.25) is 0 Å². The number of hydrogen-bond acceptors (Lipinski definition) is 3. The first-order chi connectivity index (χ1) is 10.1. The largest absolute Gasteiger partial charge is 0.549 e. The van der Waals surface area contributed by atoms with Crippen molar-refractivity contribution >= 4 is 5.78 Å². The van der Waals surface area contributed by atoms with E-state index in [1.807, 2.05) is 13.8 Å². The van der Waals surface area contributed by atoms with E-state index in [1.165, 1.54) is 11.1 Å². The van der Waals surface area contributed by atoms with Crippen LogP contribution in [0.3, 0.4) is 0 Å². The first kappa shape index (κ1) is 24.6. The molecule has 0 aromatic rings. The van der Waals surface area contributed by atoms with Crippen LogP contribution in [0.4, 0.5) is 0 Å². The Balaban J connectivity index is 0. The Bertz CT molecular complexity index is 437. The van der Waals surface area contributed by atoms with Crippen LogP contribution in [0.1, 0.15) is 60.8 Å². The van der Waals surface area contributed by atoms with Crippen molar-refractivity contribution in [3.05, 3.63) is 35.1 Å². The van der Waals surface area contributed by atoms with Gasteiger partial charge in [0.25, 0.3) is 0 Å². The Labute approximate surface area is 155 Å². The van der Waals surface area contributed by atoms with Gasteiger partial charge < -0.3 is 21.1 Å². The summed E-state index contributed by atoms with van der Waals surface area (Å²) in [6.07, 6.45) is 9.03. The molecule has 3 nitrogen and oxygen atoms in total. The minimum atomic E-state index is -0.167. The second-order valence-corrected chi connectivity index (χ2v) is 6.56. The van der Waals surface area contributed by atoms with Gasteiger partial charge in [0.05, 0.1) is 0 Å². The van der Waals surface area contributed by atoms with Gasteiger partial charge >= 0.3 is 0 Å². The van der Waals surface area contributed by atoms with Crippen molar-refractivity contribution < 1.29 is 36.1 Å². The number of aliphatic hydroxyl groups excluding tert-OH is 2. The first-order valence-electron chi connectivity index (χ1n) is 7.96. The van der Waals surface area contributed by atoms with E-state index in [0.29, 0.717) is 6.42 Å². The fourth-order valence-corrected chi connectivity index (χ4v) is 2.21. The minimum Gasteiger partial charge on any atom is -0.549 e. The Hall–Kier alpha value is -0.662. The van der Waals surface area contributed by atoms with Crippen LogP contribution in [0, 0.1) is 17.9 Å². The molecule has 132 valence electrons. The van der Waals surface area contributed by atoms with Crippen LogP contribution in [-0.2, 0) is 25.9 Å². The molecule has 1 aliphatic carbocycles. The molecule has 0 heterocycles. The molecule has 1 rings (SSSR count). The zero-order chi connectivity index (χ0) is 17.3. The molecule has 0 bridgehead atoms. The molecular weight excluding hydrogens is 460 g/mol. The topological polar surface area (TPSA) is 57.5 Å². The third kappa shape index (κ3) is 11.5. The maximum atomic E-state index is 11.8. The van der Waals surface area contributed by atoms with E-state index in [-0.39, 0.29) is 50.5 Å². The average molecular weight is 491 g/mol. The van der Waals surface area contributed by atoms with Gasteiger partial charge in [-0.05, 0) is 78.4 Å². The second kappa shape index (κ2) is 12.7. The van der Waals surface area contributed by atoms with E-state index in [1.54, 1.807) is 13.8 Å². The number of aliphatic hydroxyl groups is 2. The second-order valence-electron chi connectivity index (χ2n) is 6.56. The van der Waals surface area contributed by atoms with Crippen LogP contribution in [0.2, 0.25) is 0 Å². The standard InChI is InChI=1S/C16H23O2.C3H8O.W/c1-11(2)6-5-7-13-14(9-8-12(3)4)16(18)10-15(13)17;1-3(2)4;/h6,8,13-14,17H,5,7,9H2,1-4H3;3-4H,1-2H3;/q-1;;. The number of allylic oxidation sites excluding steroid dienone is 6. The fraction of sp³-hybridized carbons (Fsp3) is 0.632. The number of hydrogen-bond donors (Lipinski definition) is 2. The van der Waals surface area contributed by atoms with Crippen molar-refractivity contribution in [3.8, 4) is 0 Å². The normalized spacial score (nSPS) is 19.3. The number of carbonyl (C=O) groups excluding carboxylic acids is 1. The maximum Gasteiger partial charge on any atom is 0.0483 e. The Morgan fingerprint density at radius 2 is 1.61 bits per heavy atom. The van der Waals surface area contributed by atoms with Crippen LogP contribution >= 0.6 is 0 Å². The summed E-state index contributed by atoms with van der Waals surface area (Å²) in [6, 6.07) is 0. The molecule has 23 heavy (non-hydrogen) atoms. The van der Waals surface area contributed by atoms with Crippen molar-refractivity contribution in [3.63, 3.8) is 0 Å². The number of ketones is 1. The number of carbonyl (C=O) groups is 1. The van der Waals surface area contributed by atoms with Crippen molar-refractivity contribution in [1.82, 2.24) is 0 Å². The van der Waals surface area contributed by atoms with E-state index < -0.39 is 0 Å². The van der Waals surface area contributed by atoms with Crippen LogP contribution in [-0.4, -0.2) is 22.1 Å². The van der Waals surface area contributed by atoms with Crippen LogP contribution < -0.4 is 0 Å². The fourth-order valence-electron chi connectivity index (χ4n) is 2.21. The van der Waals surface area contributed by atoms with Gasteiger partial charge in [0.15, 0.2) is 0 Å². The van der Waals surface area contributed by atoms with Crippen LogP contribution in [0.5, 0.6) is 0 Å². The van der Waals surface area contributed by atoms with Gasteiger partial charge in [0, 0.05) is 27.2 Å². The van der Waals surface area contributed by atoms with Crippen molar-refractivity contribution in [2.75, 3.05) is 0 Å². The number of Topliss-reactive ketones (excluding diaryl/α,β-unsaturated/α-hetero) is 1. The zero-order valence-electron chi connectivity index (χ0n) is 15.2. The minimum absolute atomic E-state index is 0. The molecule has 0 spiro atoms. The van der Waals surface area contributed by atoms with E-state index >= 15 is 0 Å². The van der Waals surface area contributed by atoms with Gasteiger partial charge in [-0.1, -0.05) is 29.1 Å². The summed E-state index contributed by atoms with van der Waals surface area (Å²) in [4.78, 5) is 11.8. The summed E-state index contributed by atoms with van der Waals surface area (Å²) in [5.41, 5.74) is 2.48. The van der Waals surface area contributed by atoms with Crippen LogP contribution in [0.15, 0.2) is 29.1 Å². The Kier molecular flexibility index (Phi) is 13.6. The predicted octanol–water partition coefficient (Wildman–Crippen LogP) is 4.53. The van der Waals surface area contributed by atoms with Gasteiger partial charge in [0.1, 0.15) is 0 Å². The molecule has 0 aromatic heterocycles. The molecule has 1 aliphatic rings. The van der Waals surface area contributed by atoms with E-state index in [4.69, 9.17) is 5.11 Å². The zero-order valence-corrected chi connectivity index (χ0v) is 18.2. The summed E-state index contributed by atoms with van der Waals surface area (Å²) in [5.74, 6) is -0.0734. The molecular formula is C19H31O3W-. The van der Waals surface area contributed by atoms with Crippen molar-refractivity contribution in [2.24, 2.45) is 11.8 Å². The van der Waals surface area contributed by atoms with E-state index in [9.17, 15) is 9.90 Å². The average Bonchev–Trinajstić information content (AvgIpc) is 2.60. The van der Waals surface area contributed by atoms with Crippen molar-refractivity contribution in [1.29, 1.82) is 0 Å². The summed E-state index contributed by atoms with van der Waals surface area (Å²) < 4.78 is 0. The molecule has 0 aromatic carbocycles. The summed E-state index contributed by atoms with van der Waals surface area (Å²) >= 11 is 0. The van der Waals surface area contributed by atoms with E-state index in [2.05, 4.69) is 32.1 Å². The van der Waals surface area contributed by atoms with Crippen LogP contribution in [0.25, 0.3) is 0 Å². The monoisotopic (exact) mass is 491 g/mol. The smallest absolute Gasteiger partial charge is 0.0483 e. The predicted molar refractivity (Wildman–Crippen MR) is 91.4 cm³/mol. The maximum absolute atomic E-state index is 11.8. The van der Waals surface area contributed by atoms with Gasteiger partial charge in [-0.3, -0.25) is 0 Å². The first-order valence-corrected chi connectivity index (χ1v) is 7.96. The molecule has 0 radical (unpaired) electrons. The molecule has 2 atom stereocenters. The molecule has 0 amide bonds. The molecule has 2 unspecified atom stereocenters.